The van der Waals surface area contributed by atoms with Gasteiger partial charge in [0, 0.05) is 36.9 Å². The summed E-state index contributed by atoms with van der Waals surface area (Å²) in [6, 6.07) is 7.05. The summed E-state index contributed by atoms with van der Waals surface area (Å²) in [4.78, 5) is 29.6. The zero-order valence-corrected chi connectivity index (χ0v) is 15.8. The first-order chi connectivity index (χ1) is 13.1. The maximum atomic E-state index is 12.9. The molecule has 2 heterocycles. The fourth-order valence-corrected chi connectivity index (χ4v) is 3.11. The standard InChI is InChI=1S/C20H25N5O2/c1-3-4-7-11-25-20(27)17-9-6-5-8-16(17)18(23-25)19(26)22-15(2)13-24-12-10-21-14-24/h5-6,8-10,12,14-15H,3-4,7,11,13H2,1-2H3,(H,22,26). The van der Waals surface area contributed by atoms with Crippen molar-refractivity contribution in [2.75, 3.05) is 0 Å². The van der Waals surface area contributed by atoms with Crippen molar-refractivity contribution < 1.29 is 4.79 Å². The minimum Gasteiger partial charge on any atom is -0.346 e. The van der Waals surface area contributed by atoms with Crippen LogP contribution in [0.25, 0.3) is 10.8 Å². The molecule has 3 rings (SSSR count). The van der Waals surface area contributed by atoms with E-state index in [0.29, 0.717) is 29.6 Å². The van der Waals surface area contributed by atoms with Gasteiger partial charge in [-0.05, 0) is 19.4 Å². The summed E-state index contributed by atoms with van der Waals surface area (Å²) in [7, 11) is 0. The molecular weight excluding hydrogens is 342 g/mol. The molecule has 7 nitrogen and oxygen atoms in total. The zero-order chi connectivity index (χ0) is 19.2. The number of carbonyl (C=O) groups excluding carboxylic acids is 1. The predicted molar refractivity (Wildman–Crippen MR) is 105 cm³/mol. The van der Waals surface area contributed by atoms with Crippen molar-refractivity contribution in [1.82, 2.24) is 24.6 Å². The van der Waals surface area contributed by atoms with E-state index in [2.05, 4.69) is 22.3 Å². The Kier molecular flexibility index (Phi) is 6.01. The van der Waals surface area contributed by atoms with Gasteiger partial charge < -0.3 is 9.88 Å². The highest BCUT2D eigenvalue weighted by Gasteiger charge is 2.18. The van der Waals surface area contributed by atoms with Crippen molar-refractivity contribution in [1.29, 1.82) is 0 Å². The van der Waals surface area contributed by atoms with Crippen LogP contribution in [-0.4, -0.2) is 31.3 Å². The molecule has 7 heteroatoms. The van der Waals surface area contributed by atoms with Crippen molar-refractivity contribution in [2.24, 2.45) is 0 Å². The van der Waals surface area contributed by atoms with E-state index in [1.165, 1.54) is 4.68 Å². The summed E-state index contributed by atoms with van der Waals surface area (Å²) >= 11 is 0. The number of nitrogens with one attached hydrogen (secondary N) is 1. The number of unbranched alkanes of at least 4 members (excludes halogenated alkanes) is 2. The van der Waals surface area contributed by atoms with Gasteiger partial charge in [0.05, 0.1) is 11.7 Å². The number of carbonyl (C=O) groups is 1. The summed E-state index contributed by atoms with van der Waals surface area (Å²) in [6.45, 7) is 5.16. The van der Waals surface area contributed by atoms with Gasteiger partial charge in [-0.1, -0.05) is 38.0 Å². The Balaban J connectivity index is 1.88. The van der Waals surface area contributed by atoms with Crippen molar-refractivity contribution in [3.05, 3.63) is 59.0 Å². The second-order valence-corrected chi connectivity index (χ2v) is 6.76. The fourth-order valence-electron chi connectivity index (χ4n) is 3.11. The number of nitrogens with zero attached hydrogens (tertiary/aromatic N) is 4. The lowest BCUT2D eigenvalue weighted by atomic mass is 10.1. The monoisotopic (exact) mass is 367 g/mol. The van der Waals surface area contributed by atoms with Crippen LogP contribution < -0.4 is 10.9 Å². The van der Waals surface area contributed by atoms with Gasteiger partial charge in [-0.3, -0.25) is 9.59 Å². The average molecular weight is 367 g/mol. The lowest BCUT2D eigenvalue weighted by Crippen LogP contribution is -2.37. The lowest BCUT2D eigenvalue weighted by molar-refractivity contribution is 0.0931. The molecule has 27 heavy (non-hydrogen) atoms. The summed E-state index contributed by atoms with van der Waals surface area (Å²) in [5.74, 6) is -0.275. The molecule has 1 N–H and O–H groups in total. The molecule has 1 unspecified atom stereocenters. The first-order valence-corrected chi connectivity index (χ1v) is 9.36. The summed E-state index contributed by atoms with van der Waals surface area (Å²) in [5.41, 5.74) is 0.142. The van der Waals surface area contributed by atoms with E-state index in [1.54, 1.807) is 24.7 Å². The minimum absolute atomic E-state index is 0.104. The Morgan fingerprint density at radius 1 is 1.22 bits per heavy atom. The van der Waals surface area contributed by atoms with Crippen molar-refractivity contribution in [2.45, 2.75) is 52.2 Å². The Bertz CT molecular complexity index is 962. The lowest BCUT2D eigenvalue weighted by Gasteiger charge is -2.16. The van der Waals surface area contributed by atoms with Crippen LogP contribution in [0.3, 0.4) is 0 Å². The van der Waals surface area contributed by atoms with Crippen molar-refractivity contribution in [3.8, 4) is 0 Å². The van der Waals surface area contributed by atoms with Crippen LogP contribution in [0.1, 0.15) is 43.6 Å². The normalized spacial score (nSPS) is 12.2. The average Bonchev–Trinajstić information content (AvgIpc) is 3.16. The third-order valence-electron chi connectivity index (χ3n) is 4.48. The molecule has 1 atom stereocenters. The van der Waals surface area contributed by atoms with Crippen LogP contribution >= 0.6 is 0 Å². The molecule has 3 aromatic rings. The molecular formula is C20H25N5O2. The third-order valence-corrected chi connectivity index (χ3v) is 4.48. The quantitative estimate of drug-likeness (QED) is 0.621. The maximum Gasteiger partial charge on any atom is 0.274 e. The van der Waals surface area contributed by atoms with E-state index in [1.807, 2.05) is 29.8 Å². The van der Waals surface area contributed by atoms with E-state index >= 15 is 0 Å². The molecule has 0 saturated heterocycles. The molecule has 1 amide bonds. The molecule has 2 aromatic heterocycles. The Morgan fingerprint density at radius 2 is 2.00 bits per heavy atom. The van der Waals surface area contributed by atoms with Crippen molar-refractivity contribution in [3.63, 3.8) is 0 Å². The number of fused-ring (bicyclic) bond motifs is 1. The van der Waals surface area contributed by atoms with Crippen LogP contribution in [0.15, 0.2) is 47.8 Å². The summed E-state index contributed by atoms with van der Waals surface area (Å²) in [6.07, 6.45) is 8.20. The molecule has 0 bridgehead atoms. The highest BCUT2D eigenvalue weighted by atomic mass is 16.2. The molecule has 0 spiro atoms. The molecule has 0 radical (unpaired) electrons. The summed E-state index contributed by atoms with van der Waals surface area (Å²) in [5, 5.41) is 8.48. The minimum atomic E-state index is -0.275. The topological polar surface area (TPSA) is 81.8 Å². The molecule has 0 saturated carbocycles. The number of aromatic nitrogens is 4. The van der Waals surface area contributed by atoms with Gasteiger partial charge >= 0.3 is 0 Å². The first kappa shape index (κ1) is 18.8. The Morgan fingerprint density at radius 3 is 2.70 bits per heavy atom. The number of hydrogen-bond donors (Lipinski definition) is 1. The highest BCUT2D eigenvalue weighted by Crippen LogP contribution is 2.14. The van der Waals surface area contributed by atoms with E-state index < -0.39 is 0 Å². The highest BCUT2D eigenvalue weighted by molar-refractivity contribution is 6.04. The van der Waals surface area contributed by atoms with Crippen LogP contribution in [0.5, 0.6) is 0 Å². The van der Waals surface area contributed by atoms with Crippen LogP contribution in [0.4, 0.5) is 0 Å². The number of benzene rings is 1. The SMILES string of the molecule is CCCCCn1nc(C(=O)NC(C)Cn2ccnc2)c2ccccc2c1=O. The van der Waals surface area contributed by atoms with Gasteiger partial charge in [0.25, 0.3) is 11.5 Å². The largest absolute Gasteiger partial charge is 0.346 e. The van der Waals surface area contributed by atoms with E-state index in [4.69, 9.17) is 0 Å². The van der Waals surface area contributed by atoms with Gasteiger partial charge in [-0.25, -0.2) is 9.67 Å². The maximum absolute atomic E-state index is 12.9. The van der Waals surface area contributed by atoms with Crippen LogP contribution in [-0.2, 0) is 13.1 Å². The molecule has 0 aliphatic heterocycles. The van der Waals surface area contributed by atoms with Crippen LogP contribution in [0, 0.1) is 0 Å². The fraction of sp³-hybridized carbons (Fsp3) is 0.400. The molecule has 1 aromatic carbocycles. The predicted octanol–water partition coefficient (Wildman–Crippen LogP) is 2.60. The van der Waals surface area contributed by atoms with Gasteiger partial charge in [-0.15, -0.1) is 0 Å². The smallest absolute Gasteiger partial charge is 0.274 e. The number of imidazole rings is 1. The van der Waals surface area contributed by atoms with E-state index in [0.717, 1.165) is 19.3 Å². The molecule has 142 valence electrons. The second kappa shape index (κ2) is 8.62. The molecule has 0 aliphatic rings. The number of aryl methyl sites for hydroxylation is 1. The Hall–Kier alpha value is -2.96. The van der Waals surface area contributed by atoms with Gasteiger partial charge in [0.2, 0.25) is 0 Å². The van der Waals surface area contributed by atoms with Crippen molar-refractivity contribution >= 4 is 16.7 Å². The van der Waals surface area contributed by atoms with Gasteiger partial charge in [0.1, 0.15) is 0 Å². The second-order valence-electron chi connectivity index (χ2n) is 6.76. The number of amides is 1. The number of rotatable bonds is 8. The number of hydrogen-bond acceptors (Lipinski definition) is 4. The van der Waals surface area contributed by atoms with E-state index in [-0.39, 0.29) is 17.5 Å². The third kappa shape index (κ3) is 4.42. The first-order valence-electron chi connectivity index (χ1n) is 9.36. The zero-order valence-electron chi connectivity index (χ0n) is 15.8. The summed E-state index contributed by atoms with van der Waals surface area (Å²) < 4.78 is 3.33. The van der Waals surface area contributed by atoms with Crippen LogP contribution in [0.2, 0.25) is 0 Å². The van der Waals surface area contributed by atoms with E-state index in [9.17, 15) is 9.59 Å². The molecule has 0 aliphatic carbocycles. The van der Waals surface area contributed by atoms with Gasteiger partial charge in [0.15, 0.2) is 5.69 Å². The molecule has 0 fully saturated rings. The van der Waals surface area contributed by atoms with Gasteiger partial charge in [-0.2, -0.15) is 5.10 Å². The Labute approximate surface area is 158 Å².